The van der Waals surface area contributed by atoms with Gasteiger partial charge in [-0.2, -0.15) is 0 Å². The summed E-state index contributed by atoms with van der Waals surface area (Å²) in [6.45, 7) is 4.24. The Bertz CT molecular complexity index is 527. The minimum absolute atomic E-state index is 0.947. The molecule has 0 saturated carbocycles. The second-order valence-corrected chi connectivity index (χ2v) is 3.66. The van der Waals surface area contributed by atoms with E-state index in [4.69, 9.17) is 6.42 Å². The number of fused-ring (bicyclic) bond motifs is 1. The Balaban J connectivity index is 2.83. The van der Waals surface area contributed by atoms with Gasteiger partial charge in [-0.1, -0.05) is 29.7 Å². The minimum atomic E-state index is 0.947. The van der Waals surface area contributed by atoms with E-state index in [9.17, 15) is 0 Å². The topological polar surface area (TPSA) is 0 Å². The van der Waals surface area contributed by atoms with Crippen LogP contribution in [0.2, 0.25) is 0 Å². The molecule has 0 aromatic heterocycles. The molecule has 0 heterocycles. The first kappa shape index (κ1) is 8.84. The van der Waals surface area contributed by atoms with Crippen LogP contribution in [-0.4, -0.2) is 0 Å². The average molecular weight is 180 g/mol. The van der Waals surface area contributed by atoms with Gasteiger partial charge in [-0.25, -0.2) is 0 Å². The summed E-state index contributed by atoms with van der Waals surface area (Å²) in [5.41, 5.74) is 3.54. The van der Waals surface area contributed by atoms with Gasteiger partial charge in [0.05, 0.1) is 0 Å². The zero-order chi connectivity index (χ0) is 10.1. The van der Waals surface area contributed by atoms with E-state index in [0.29, 0.717) is 0 Å². The van der Waals surface area contributed by atoms with Crippen LogP contribution in [0.1, 0.15) is 16.7 Å². The first-order chi connectivity index (χ1) is 6.70. The molecular formula is C14H12. The lowest BCUT2D eigenvalue weighted by molar-refractivity contribution is 1.43. The predicted molar refractivity (Wildman–Crippen MR) is 61.4 cm³/mol. The molecule has 0 bridgehead atoms. The maximum absolute atomic E-state index is 5.37. The van der Waals surface area contributed by atoms with Gasteiger partial charge >= 0.3 is 0 Å². The molecule has 0 aliphatic rings. The summed E-state index contributed by atoms with van der Waals surface area (Å²) in [5, 5.41) is 2.52. The maximum atomic E-state index is 5.37. The molecule has 0 nitrogen and oxygen atoms in total. The van der Waals surface area contributed by atoms with Crippen LogP contribution in [0.3, 0.4) is 0 Å². The van der Waals surface area contributed by atoms with E-state index in [0.717, 1.165) is 5.56 Å². The van der Waals surface area contributed by atoms with Crippen molar-refractivity contribution in [2.24, 2.45) is 0 Å². The van der Waals surface area contributed by atoms with Crippen LogP contribution in [0, 0.1) is 26.2 Å². The van der Waals surface area contributed by atoms with Gasteiger partial charge in [0.25, 0.3) is 0 Å². The molecule has 0 atom stereocenters. The Morgan fingerprint density at radius 2 is 1.86 bits per heavy atom. The van der Waals surface area contributed by atoms with Gasteiger partial charge in [-0.05, 0) is 42.3 Å². The largest absolute Gasteiger partial charge is 0.115 e. The van der Waals surface area contributed by atoms with Crippen LogP contribution in [0.15, 0.2) is 30.3 Å². The first-order valence-electron chi connectivity index (χ1n) is 4.68. The second kappa shape index (κ2) is 3.20. The fourth-order valence-corrected chi connectivity index (χ4v) is 1.84. The van der Waals surface area contributed by atoms with Crippen molar-refractivity contribution in [2.45, 2.75) is 13.8 Å². The fraction of sp³-hybridized carbons (Fsp3) is 0.143. The van der Waals surface area contributed by atoms with Crippen LogP contribution < -0.4 is 0 Å². The standard InChI is InChI=1S/C14H12/c1-4-12-5-6-14-11(3)7-10(2)8-13(14)9-12/h1,5-9H,2-3H3. The SMILES string of the molecule is C#Cc1ccc2c(C)cc(C)cc2c1. The Kier molecular flexibility index (Phi) is 2.02. The number of aryl methyl sites for hydroxylation is 2. The molecule has 14 heavy (non-hydrogen) atoms. The molecule has 2 aromatic carbocycles. The summed E-state index contributed by atoms with van der Waals surface area (Å²) >= 11 is 0. The van der Waals surface area contributed by atoms with Crippen molar-refractivity contribution < 1.29 is 0 Å². The predicted octanol–water partition coefficient (Wildman–Crippen LogP) is 3.44. The van der Waals surface area contributed by atoms with Gasteiger partial charge in [-0.3, -0.25) is 0 Å². The molecule has 0 spiro atoms. The minimum Gasteiger partial charge on any atom is -0.115 e. The van der Waals surface area contributed by atoms with Crippen molar-refractivity contribution in [1.29, 1.82) is 0 Å². The Hall–Kier alpha value is -1.74. The summed E-state index contributed by atoms with van der Waals surface area (Å²) in [4.78, 5) is 0. The molecule has 2 aromatic rings. The third-order valence-corrected chi connectivity index (χ3v) is 2.47. The highest BCUT2D eigenvalue weighted by Crippen LogP contribution is 2.21. The molecule has 68 valence electrons. The number of benzene rings is 2. The quantitative estimate of drug-likeness (QED) is 0.545. The van der Waals surface area contributed by atoms with Crippen molar-refractivity contribution in [3.8, 4) is 12.3 Å². The Labute approximate surface area is 84.6 Å². The van der Waals surface area contributed by atoms with E-state index < -0.39 is 0 Å². The molecule has 2 rings (SSSR count). The van der Waals surface area contributed by atoms with Crippen molar-refractivity contribution in [2.75, 3.05) is 0 Å². The fourth-order valence-electron chi connectivity index (χ4n) is 1.84. The van der Waals surface area contributed by atoms with E-state index >= 15 is 0 Å². The third kappa shape index (κ3) is 1.38. The number of terminal acetylenes is 1. The monoisotopic (exact) mass is 180 g/mol. The van der Waals surface area contributed by atoms with Crippen molar-refractivity contribution in [3.63, 3.8) is 0 Å². The van der Waals surface area contributed by atoms with Crippen molar-refractivity contribution in [3.05, 3.63) is 47.0 Å². The highest BCUT2D eigenvalue weighted by molar-refractivity contribution is 5.87. The Morgan fingerprint density at radius 1 is 1.07 bits per heavy atom. The van der Waals surface area contributed by atoms with Gasteiger partial charge in [-0.15, -0.1) is 6.42 Å². The van der Waals surface area contributed by atoms with E-state index in [1.807, 2.05) is 6.07 Å². The van der Waals surface area contributed by atoms with Crippen LogP contribution >= 0.6 is 0 Å². The Morgan fingerprint density at radius 3 is 2.57 bits per heavy atom. The molecule has 0 amide bonds. The highest BCUT2D eigenvalue weighted by atomic mass is 14.0. The second-order valence-electron chi connectivity index (χ2n) is 3.66. The van der Waals surface area contributed by atoms with Crippen LogP contribution in [0.5, 0.6) is 0 Å². The molecule has 0 unspecified atom stereocenters. The van der Waals surface area contributed by atoms with E-state index in [1.165, 1.54) is 21.9 Å². The normalized spacial score (nSPS) is 10.1. The zero-order valence-electron chi connectivity index (χ0n) is 8.46. The summed E-state index contributed by atoms with van der Waals surface area (Å²) in [6.07, 6.45) is 5.37. The van der Waals surface area contributed by atoms with E-state index in [2.05, 4.69) is 44.0 Å². The van der Waals surface area contributed by atoms with Gasteiger partial charge in [0.1, 0.15) is 0 Å². The number of hydrogen-bond acceptors (Lipinski definition) is 0. The highest BCUT2D eigenvalue weighted by Gasteiger charge is 1.98. The molecule has 0 aliphatic heterocycles. The lowest BCUT2D eigenvalue weighted by Crippen LogP contribution is -1.82. The number of hydrogen-bond donors (Lipinski definition) is 0. The summed E-state index contributed by atoms with van der Waals surface area (Å²) in [5.74, 6) is 2.66. The summed E-state index contributed by atoms with van der Waals surface area (Å²) < 4.78 is 0. The van der Waals surface area contributed by atoms with E-state index in [-0.39, 0.29) is 0 Å². The molecular weight excluding hydrogens is 168 g/mol. The van der Waals surface area contributed by atoms with Gasteiger partial charge in [0.15, 0.2) is 0 Å². The molecule has 0 heteroatoms. The average Bonchev–Trinajstić information content (AvgIpc) is 2.16. The smallest absolute Gasteiger partial charge is 0.0248 e. The number of rotatable bonds is 0. The van der Waals surface area contributed by atoms with E-state index in [1.54, 1.807) is 0 Å². The molecule has 0 radical (unpaired) electrons. The first-order valence-corrected chi connectivity index (χ1v) is 4.68. The molecule has 0 N–H and O–H groups in total. The van der Waals surface area contributed by atoms with Gasteiger partial charge < -0.3 is 0 Å². The van der Waals surface area contributed by atoms with Crippen LogP contribution in [-0.2, 0) is 0 Å². The summed E-state index contributed by atoms with van der Waals surface area (Å²) in [6, 6.07) is 10.5. The third-order valence-electron chi connectivity index (χ3n) is 2.47. The molecule has 0 fully saturated rings. The van der Waals surface area contributed by atoms with Gasteiger partial charge in [0.2, 0.25) is 0 Å². The zero-order valence-corrected chi connectivity index (χ0v) is 8.46. The lowest BCUT2D eigenvalue weighted by atomic mass is 10.0. The van der Waals surface area contributed by atoms with Crippen LogP contribution in [0.4, 0.5) is 0 Å². The lowest BCUT2D eigenvalue weighted by Gasteiger charge is -2.04. The maximum Gasteiger partial charge on any atom is 0.0248 e. The van der Waals surface area contributed by atoms with Crippen molar-refractivity contribution >= 4 is 10.8 Å². The van der Waals surface area contributed by atoms with Crippen LogP contribution in [0.25, 0.3) is 10.8 Å². The van der Waals surface area contributed by atoms with Gasteiger partial charge in [0, 0.05) is 5.56 Å². The van der Waals surface area contributed by atoms with Crippen molar-refractivity contribution in [1.82, 2.24) is 0 Å². The molecule has 0 aliphatic carbocycles. The summed E-state index contributed by atoms with van der Waals surface area (Å²) in [7, 11) is 0. The molecule has 0 saturated heterocycles.